The summed E-state index contributed by atoms with van der Waals surface area (Å²) in [5, 5.41) is 9.25. The number of amides is 2. The van der Waals surface area contributed by atoms with E-state index in [1.807, 2.05) is 16.8 Å². The van der Waals surface area contributed by atoms with Gasteiger partial charge in [-0.25, -0.2) is 4.98 Å². The number of imidazole rings is 1. The molecule has 118 valence electrons. The van der Waals surface area contributed by atoms with Gasteiger partial charge in [0.1, 0.15) is 11.9 Å². The van der Waals surface area contributed by atoms with Crippen LogP contribution in [0, 0.1) is 0 Å². The molecule has 0 saturated carbocycles. The summed E-state index contributed by atoms with van der Waals surface area (Å²) in [4.78, 5) is 31.1. The van der Waals surface area contributed by atoms with Crippen molar-refractivity contribution in [1.29, 1.82) is 0 Å². The number of nitrogens with two attached hydrogens (primary N) is 1. The average molecular weight is 321 g/mol. The molecule has 0 aliphatic heterocycles. The van der Waals surface area contributed by atoms with E-state index in [1.165, 1.54) is 23.9 Å². The highest BCUT2D eigenvalue weighted by Crippen LogP contribution is 2.11. The second-order valence-corrected chi connectivity index (χ2v) is 6.32. The Labute approximate surface area is 132 Å². The Hall–Kier alpha value is -2.19. The summed E-state index contributed by atoms with van der Waals surface area (Å²) in [7, 11) is 0. The third-order valence-corrected chi connectivity index (χ3v) is 3.72. The van der Waals surface area contributed by atoms with E-state index in [0.29, 0.717) is 12.2 Å². The smallest absolute Gasteiger partial charge is 0.248 e. The fourth-order valence-corrected chi connectivity index (χ4v) is 2.42. The molecule has 2 amide bonds. The van der Waals surface area contributed by atoms with Gasteiger partial charge in [0, 0.05) is 6.42 Å². The van der Waals surface area contributed by atoms with E-state index in [4.69, 9.17) is 5.73 Å². The van der Waals surface area contributed by atoms with Crippen molar-refractivity contribution in [3.8, 4) is 0 Å². The molecule has 22 heavy (non-hydrogen) atoms. The molecule has 2 rings (SSSR count). The molecule has 0 unspecified atom stereocenters. The SMILES string of the molecule is CC(C)(N)C(=O)N[C@H](Cc1ccsc1)C(=O)Nc1cnc[nH]1. The Morgan fingerprint density at radius 3 is 2.82 bits per heavy atom. The van der Waals surface area contributed by atoms with E-state index in [2.05, 4.69) is 20.6 Å². The van der Waals surface area contributed by atoms with Crippen LogP contribution in [0.2, 0.25) is 0 Å². The summed E-state index contributed by atoms with van der Waals surface area (Å²) < 4.78 is 0. The summed E-state index contributed by atoms with van der Waals surface area (Å²) in [6, 6.07) is 1.20. The van der Waals surface area contributed by atoms with Crippen molar-refractivity contribution >= 4 is 29.0 Å². The first-order chi connectivity index (χ1) is 10.4. The Bertz CT molecular complexity index is 616. The van der Waals surface area contributed by atoms with Crippen molar-refractivity contribution in [2.24, 2.45) is 5.73 Å². The molecule has 0 aromatic carbocycles. The molecule has 2 heterocycles. The average Bonchev–Trinajstić information content (AvgIpc) is 3.09. The number of carbonyl (C=O) groups is 2. The summed E-state index contributed by atoms with van der Waals surface area (Å²) in [5.41, 5.74) is 5.70. The van der Waals surface area contributed by atoms with Crippen LogP contribution in [0.5, 0.6) is 0 Å². The third-order valence-electron chi connectivity index (χ3n) is 2.98. The zero-order valence-corrected chi connectivity index (χ0v) is 13.2. The minimum absolute atomic E-state index is 0.326. The molecule has 2 aromatic rings. The van der Waals surface area contributed by atoms with Gasteiger partial charge in [0.2, 0.25) is 11.8 Å². The van der Waals surface area contributed by atoms with Gasteiger partial charge in [-0.2, -0.15) is 11.3 Å². The molecule has 5 N–H and O–H groups in total. The number of nitrogens with zero attached hydrogens (tertiary/aromatic N) is 1. The van der Waals surface area contributed by atoms with Crippen molar-refractivity contribution in [1.82, 2.24) is 15.3 Å². The van der Waals surface area contributed by atoms with E-state index >= 15 is 0 Å². The maximum Gasteiger partial charge on any atom is 0.248 e. The number of H-pyrrole nitrogens is 1. The minimum Gasteiger partial charge on any atom is -0.342 e. The van der Waals surface area contributed by atoms with Crippen molar-refractivity contribution in [2.45, 2.75) is 31.8 Å². The quantitative estimate of drug-likeness (QED) is 0.632. The maximum absolute atomic E-state index is 12.4. The molecule has 0 aliphatic carbocycles. The lowest BCUT2D eigenvalue weighted by atomic mass is 10.0. The summed E-state index contributed by atoms with van der Waals surface area (Å²) >= 11 is 1.54. The number of aromatic amines is 1. The van der Waals surface area contributed by atoms with Gasteiger partial charge in [-0.3, -0.25) is 9.59 Å². The molecule has 0 radical (unpaired) electrons. The topological polar surface area (TPSA) is 113 Å². The van der Waals surface area contributed by atoms with Gasteiger partial charge in [-0.1, -0.05) is 0 Å². The lowest BCUT2D eigenvalue weighted by Crippen LogP contribution is -2.55. The standard InChI is InChI=1S/C14H19N5O2S/c1-14(2,15)13(21)18-10(5-9-3-4-22-7-9)12(20)19-11-6-16-8-17-11/h3-4,6-8,10H,5,15H2,1-2H3,(H,16,17)(H,18,21)(H,19,20)/t10-/m1/s1. The first-order valence-corrected chi connectivity index (χ1v) is 7.70. The van der Waals surface area contributed by atoms with Crippen LogP contribution < -0.4 is 16.4 Å². The van der Waals surface area contributed by atoms with Crippen LogP contribution in [0.3, 0.4) is 0 Å². The molecule has 8 heteroatoms. The normalized spacial score (nSPS) is 12.7. The molecular formula is C14H19N5O2S. The van der Waals surface area contributed by atoms with Crippen molar-refractivity contribution in [3.05, 3.63) is 34.9 Å². The molecule has 0 fully saturated rings. The molecule has 0 bridgehead atoms. The molecule has 0 saturated heterocycles. The van der Waals surface area contributed by atoms with Crippen molar-refractivity contribution in [2.75, 3.05) is 5.32 Å². The number of carbonyl (C=O) groups excluding carboxylic acids is 2. The fourth-order valence-electron chi connectivity index (χ4n) is 1.74. The largest absolute Gasteiger partial charge is 0.342 e. The van der Waals surface area contributed by atoms with Crippen LogP contribution in [0.4, 0.5) is 5.82 Å². The number of rotatable bonds is 6. The van der Waals surface area contributed by atoms with Crippen molar-refractivity contribution < 1.29 is 9.59 Å². The lowest BCUT2D eigenvalue weighted by molar-refractivity contribution is -0.129. The van der Waals surface area contributed by atoms with Gasteiger partial charge in [0.05, 0.1) is 18.1 Å². The highest BCUT2D eigenvalue weighted by molar-refractivity contribution is 7.07. The highest BCUT2D eigenvalue weighted by Gasteiger charge is 2.28. The number of hydrogen-bond acceptors (Lipinski definition) is 5. The number of anilines is 1. The van der Waals surface area contributed by atoms with Gasteiger partial charge in [-0.15, -0.1) is 0 Å². The fraction of sp³-hybridized carbons (Fsp3) is 0.357. The summed E-state index contributed by atoms with van der Waals surface area (Å²) in [6.07, 6.45) is 3.35. The van der Waals surface area contributed by atoms with Crippen LogP contribution in [0.15, 0.2) is 29.4 Å². The maximum atomic E-state index is 12.4. The zero-order chi connectivity index (χ0) is 16.2. The Morgan fingerprint density at radius 1 is 1.50 bits per heavy atom. The monoisotopic (exact) mass is 321 g/mol. The lowest BCUT2D eigenvalue weighted by Gasteiger charge is -2.23. The molecule has 0 spiro atoms. The number of aromatic nitrogens is 2. The predicted molar refractivity (Wildman–Crippen MR) is 85.4 cm³/mol. The van der Waals surface area contributed by atoms with Crippen LogP contribution in [-0.2, 0) is 16.0 Å². The van der Waals surface area contributed by atoms with Crippen LogP contribution >= 0.6 is 11.3 Å². The molecule has 1 atom stereocenters. The first kappa shape index (κ1) is 16.2. The highest BCUT2D eigenvalue weighted by atomic mass is 32.1. The first-order valence-electron chi connectivity index (χ1n) is 6.76. The number of hydrogen-bond donors (Lipinski definition) is 4. The number of thiophene rings is 1. The van der Waals surface area contributed by atoms with E-state index in [0.717, 1.165) is 5.56 Å². The third kappa shape index (κ3) is 4.40. The molecule has 7 nitrogen and oxygen atoms in total. The Morgan fingerprint density at radius 2 is 2.27 bits per heavy atom. The van der Waals surface area contributed by atoms with Gasteiger partial charge in [-0.05, 0) is 36.2 Å². The minimum atomic E-state index is -1.05. The second-order valence-electron chi connectivity index (χ2n) is 5.54. The molecule has 0 aliphatic rings. The van der Waals surface area contributed by atoms with Gasteiger partial charge >= 0.3 is 0 Å². The van der Waals surface area contributed by atoms with E-state index in [-0.39, 0.29) is 11.8 Å². The van der Waals surface area contributed by atoms with E-state index < -0.39 is 11.6 Å². The van der Waals surface area contributed by atoms with E-state index in [9.17, 15) is 9.59 Å². The predicted octanol–water partition coefficient (Wildman–Crippen LogP) is 0.874. The second kappa shape index (κ2) is 6.71. The van der Waals surface area contributed by atoms with Crippen LogP contribution in [0.25, 0.3) is 0 Å². The zero-order valence-electron chi connectivity index (χ0n) is 12.4. The van der Waals surface area contributed by atoms with Gasteiger partial charge in [0.25, 0.3) is 0 Å². The Balaban J connectivity index is 2.10. The summed E-state index contributed by atoms with van der Waals surface area (Å²) in [5.74, 6) is -0.234. The van der Waals surface area contributed by atoms with Crippen molar-refractivity contribution in [3.63, 3.8) is 0 Å². The van der Waals surface area contributed by atoms with Gasteiger partial charge < -0.3 is 21.4 Å². The van der Waals surface area contributed by atoms with Gasteiger partial charge in [0.15, 0.2) is 0 Å². The molecular weight excluding hydrogens is 302 g/mol. The van der Waals surface area contributed by atoms with Crippen LogP contribution in [0.1, 0.15) is 19.4 Å². The summed E-state index contributed by atoms with van der Waals surface area (Å²) in [6.45, 7) is 3.19. The Kier molecular flexibility index (Phi) is 4.94. The molecule has 2 aromatic heterocycles. The number of nitrogens with one attached hydrogen (secondary N) is 3. The van der Waals surface area contributed by atoms with Crippen LogP contribution in [-0.4, -0.2) is 33.4 Å². The van der Waals surface area contributed by atoms with E-state index in [1.54, 1.807) is 13.8 Å².